The molecule has 0 radical (unpaired) electrons. The summed E-state index contributed by atoms with van der Waals surface area (Å²) in [5, 5.41) is 3.16. The van der Waals surface area contributed by atoms with Crippen molar-refractivity contribution in [3.05, 3.63) is 59.5 Å². The molecule has 136 valence electrons. The van der Waals surface area contributed by atoms with E-state index in [1.807, 2.05) is 0 Å². The van der Waals surface area contributed by atoms with E-state index >= 15 is 0 Å². The van der Waals surface area contributed by atoms with Gasteiger partial charge in [-0.1, -0.05) is 12.1 Å². The molecule has 3 N–H and O–H groups in total. The summed E-state index contributed by atoms with van der Waals surface area (Å²) in [6, 6.07) is 7.78. The highest BCUT2D eigenvalue weighted by Gasteiger charge is 2.29. The van der Waals surface area contributed by atoms with Gasteiger partial charge in [0.25, 0.3) is 0 Å². The van der Waals surface area contributed by atoms with Crippen molar-refractivity contribution in [1.29, 1.82) is 0 Å². The molecule has 0 aliphatic carbocycles. The Morgan fingerprint density at radius 2 is 1.88 bits per heavy atom. The van der Waals surface area contributed by atoms with E-state index in [4.69, 9.17) is 10.5 Å². The van der Waals surface area contributed by atoms with Gasteiger partial charge in [-0.15, -0.1) is 0 Å². The monoisotopic (exact) mass is 357 g/mol. The lowest BCUT2D eigenvalue weighted by Crippen LogP contribution is -2.16. The average molecular weight is 357 g/mol. The summed E-state index contributed by atoms with van der Waals surface area (Å²) in [7, 11) is 0. The van der Waals surface area contributed by atoms with Crippen LogP contribution in [0, 0.1) is 5.82 Å². The predicted octanol–water partition coefficient (Wildman–Crippen LogP) is 3.39. The van der Waals surface area contributed by atoms with E-state index in [-0.39, 0.29) is 11.9 Å². The Kier molecular flexibility index (Phi) is 6.72. The summed E-state index contributed by atoms with van der Waals surface area (Å²) < 4.78 is 54.5. The molecular formula is C17H19F4N3O. The molecule has 3 rings (SSSR count). The van der Waals surface area contributed by atoms with Gasteiger partial charge in [0.05, 0.1) is 24.5 Å². The van der Waals surface area contributed by atoms with Gasteiger partial charge < -0.3 is 15.8 Å². The fourth-order valence-electron chi connectivity index (χ4n) is 2.16. The topological polar surface area (TPSA) is 60.2 Å². The molecule has 1 aromatic carbocycles. The molecule has 2 aromatic rings. The molecule has 25 heavy (non-hydrogen) atoms. The summed E-state index contributed by atoms with van der Waals surface area (Å²) in [5.74, 6) is -0.0226. The van der Waals surface area contributed by atoms with Gasteiger partial charge in [0.15, 0.2) is 0 Å². The van der Waals surface area contributed by atoms with Gasteiger partial charge in [-0.3, -0.25) is 0 Å². The summed E-state index contributed by atoms with van der Waals surface area (Å²) >= 11 is 0. The van der Waals surface area contributed by atoms with Gasteiger partial charge in [0.1, 0.15) is 11.6 Å². The van der Waals surface area contributed by atoms with Crippen LogP contribution in [0.5, 0.6) is 0 Å². The van der Waals surface area contributed by atoms with Gasteiger partial charge in [0, 0.05) is 6.54 Å². The SMILES string of the molecule is FC(F)(F)c1ccc(COC2CCNC2)cc1.Nc1ccc(F)cn1. The third-order valence-electron chi connectivity index (χ3n) is 3.53. The van der Waals surface area contributed by atoms with Crippen molar-refractivity contribution in [2.75, 3.05) is 18.8 Å². The minimum atomic E-state index is -4.27. The van der Waals surface area contributed by atoms with Gasteiger partial charge in [-0.25, -0.2) is 9.37 Å². The Morgan fingerprint density at radius 1 is 1.16 bits per heavy atom. The number of rotatable bonds is 3. The minimum Gasteiger partial charge on any atom is -0.384 e. The molecule has 0 amide bonds. The molecule has 0 bridgehead atoms. The molecule has 1 fully saturated rings. The first-order chi connectivity index (χ1) is 11.8. The summed E-state index contributed by atoms with van der Waals surface area (Å²) in [6.07, 6.45) is -2.05. The number of nitrogens with zero attached hydrogens (tertiary/aromatic N) is 1. The van der Waals surface area contributed by atoms with Crippen LogP contribution in [0.15, 0.2) is 42.6 Å². The molecular weight excluding hydrogens is 338 g/mol. The summed E-state index contributed by atoms with van der Waals surface area (Å²) in [5.41, 5.74) is 5.30. The number of anilines is 1. The molecule has 2 heterocycles. The third-order valence-corrected chi connectivity index (χ3v) is 3.53. The molecule has 1 aliphatic heterocycles. The number of ether oxygens (including phenoxy) is 1. The Labute approximate surface area is 143 Å². The zero-order valence-corrected chi connectivity index (χ0v) is 13.4. The van der Waals surface area contributed by atoms with Crippen LogP contribution in [0.1, 0.15) is 17.5 Å². The highest BCUT2D eigenvalue weighted by Crippen LogP contribution is 2.29. The van der Waals surface area contributed by atoms with Crippen molar-refractivity contribution >= 4 is 5.82 Å². The Balaban J connectivity index is 0.000000236. The molecule has 4 nitrogen and oxygen atoms in total. The largest absolute Gasteiger partial charge is 0.416 e. The fourth-order valence-corrected chi connectivity index (χ4v) is 2.16. The number of alkyl halides is 3. The molecule has 8 heteroatoms. The lowest BCUT2D eigenvalue weighted by Gasteiger charge is -2.11. The van der Waals surface area contributed by atoms with Crippen molar-refractivity contribution < 1.29 is 22.3 Å². The molecule has 1 aromatic heterocycles. The smallest absolute Gasteiger partial charge is 0.384 e. The van der Waals surface area contributed by atoms with E-state index in [0.717, 1.165) is 43.4 Å². The van der Waals surface area contributed by atoms with Crippen LogP contribution < -0.4 is 11.1 Å². The van der Waals surface area contributed by atoms with Crippen molar-refractivity contribution in [3.8, 4) is 0 Å². The first kappa shape index (κ1) is 19.1. The maximum absolute atomic E-state index is 12.3. The number of aromatic nitrogens is 1. The van der Waals surface area contributed by atoms with Gasteiger partial charge in [-0.2, -0.15) is 13.2 Å². The maximum Gasteiger partial charge on any atom is 0.416 e. The molecule has 1 unspecified atom stereocenters. The van der Waals surface area contributed by atoms with E-state index in [0.29, 0.717) is 12.4 Å². The van der Waals surface area contributed by atoms with Crippen molar-refractivity contribution in [3.63, 3.8) is 0 Å². The van der Waals surface area contributed by atoms with Crippen LogP contribution in [0.2, 0.25) is 0 Å². The second kappa shape index (κ2) is 8.77. The van der Waals surface area contributed by atoms with Gasteiger partial charge in [-0.05, 0) is 42.8 Å². The van der Waals surface area contributed by atoms with Crippen molar-refractivity contribution in [2.45, 2.75) is 25.3 Å². The maximum atomic E-state index is 12.3. The van der Waals surface area contributed by atoms with E-state index in [9.17, 15) is 17.6 Å². The number of nitrogens with one attached hydrogen (secondary N) is 1. The van der Waals surface area contributed by atoms with Crippen molar-refractivity contribution in [1.82, 2.24) is 10.3 Å². The molecule has 1 saturated heterocycles. The highest BCUT2D eigenvalue weighted by atomic mass is 19.4. The first-order valence-corrected chi connectivity index (χ1v) is 7.70. The Morgan fingerprint density at radius 3 is 2.36 bits per heavy atom. The number of hydrogen-bond donors (Lipinski definition) is 2. The van der Waals surface area contributed by atoms with E-state index in [1.165, 1.54) is 24.3 Å². The Hall–Kier alpha value is -2.19. The lowest BCUT2D eigenvalue weighted by atomic mass is 10.1. The molecule has 1 atom stereocenters. The average Bonchev–Trinajstić information content (AvgIpc) is 3.09. The number of hydrogen-bond acceptors (Lipinski definition) is 4. The Bertz CT molecular complexity index is 617. The standard InChI is InChI=1S/C12H14F3NO.C5H5FN2/c13-12(14,15)10-3-1-9(2-4-10)8-17-11-5-6-16-7-11;6-4-1-2-5(7)8-3-4/h1-4,11,16H,5-8H2;1-3H,(H2,7,8). The number of nitrogen functional groups attached to an aromatic ring is 1. The molecule has 1 aliphatic rings. The lowest BCUT2D eigenvalue weighted by molar-refractivity contribution is -0.137. The zero-order chi connectivity index (χ0) is 18.3. The van der Waals surface area contributed by atoms with Crippen LogP contribution in [0.25, 0.3) is 0 Å². The van der Waals surface area contributed by atoms with Crippen LogP contribution in [-0.4, -0.2) is 24.2 Å². The van der Waals surface area contributed by atoms with Crippen molar-refractivity contribution in [2.24, 2.45) is 0 Å². The van der Waals surface area contributed by atoms with E-state index in [1.54, 1.807) is 0 Å². The van der Waals surface area contributed by atoms with E-state index in [2.05, 4.69) is 10.3 Å². The second-order valence-corrected chi connectivity index (χ2v) is 5.52. The number of pyridine rings is 1. The molecule has 0 saturated carbocycles. The second-order valence-electron chi connectivity index (χ2n) is 5.52. The normalized spacial score (nSPS) is 17.0. The number of nitrogens with two attached hydrogens (primary N) is 1. The predicted molar refractivity (Wildman–Crippen MR) is 86.1 cm³/mol. The number of halogens is 4. The zero-order valence-electron chi connectivity index (χ0n) is 13.4. The molecule has 0 spiro atoms. The summed E-state index contributed by atoms with van der Waals surface area (Å²) in [4.78, 5) is 3.48. The minimum absolute atomic E-state index is 0.178. The van der Waals surface area contributed by atoms with Crippen LogP contribution in [-0.2, 0) is 17.5 Å². The van der Waals surface area contributed by atoms with Crippen LogP contribution in [0.3, 0.4) is 0 Å². The third kappa shape index (κ3) is 6.67. The quantitative estimate of drug-likeness (QED) is 0.827. The van der Waals surface area contributed by atoms with Gasteiger partial charge >= 0.3 is 6.18 Å². The summed E-state index contributed by atoms with van der Waals surface area (Å²) in [6.45, 7) is 2.13. The van der Waals surface area contributed by atoms with Gasteiger partial charge in [0.2, 0.25) is 0 Å². The first-order valence-electron chi connectivity index (χ1n) is 7.70. The number of benzene rings is 1. The van der Waals surface area contributed by atoms with Crippen LogP contribution >= 0.6 is 0 Å². The van der Waals surface area contributed by atoms with E-state index < -0.39 is 11.7 Å². The fraction of sp³-hybridized carbons (Fsp3) is 0.353. The highest BCUT2D eigenvalue weighted by molar-refractivity contribution is 5.26. The van der Waals surface area contributed by atoms with Crippen LogP contribution in [0.4, 0.5) is 23.4 Å².